The summed E-state index contributed by atoms with van der Waals surface area (Å²) in [4.78, 5) is 22.6. The Morgan fingerprint density at radius 1 is 0.931 bits per heavy atom. The molecule has 0 amide bonds. The number of halogens is 3. The Kier molecular flexibility index (Phi) is 5.63. The number of carbonyl (C=O) groups excluding carboxylic acids is 1. The molecule has 0 aliphatic carbocycles. The minimum atomic E-state index is -4.44. The van der Waals surface area contributed by atoms with Crippen molar-refractivity contribution in [2.24, 2.45) is 0 Å². The molecule has 0 atom stereocenters. The summed E-state index contributed by atoms with van der Waals surface area (Å²) in [6, 6.07) is 16.5. The van der Waals surface area contributed by atoms with Gasteiger partial charge in [0.05, 0.1) is 16.1 Å². The van der Waals surface area contributed by atoms with Gasteiger partial charge in [-0.15, -0.1) is 0 Å². The van der Waals surface area contributed by atoms with Gasteiger partial charge >= 0.3 is 12.1 Å². The van der Waals surface area contributed by atoms with Gasteiger partial charge in [0.25, 0.3) is 5.69 Å². The zero-order valence-corrected chi connectivity index (χ0v) is 14.8. The summed E-state index contributed by atoms with van der Waals surface area (Å²) in [6.07, 6.45) is -4.44. The molecule has 3 aromatic carbocycles. The molecule has 0 bridgehead atoms. The van der Waals surface area contributed by atoms with Crippen LogP contribution in [0.5, 0.6) is 0 Å². The first-order valence-corrected chi connectivity index (χ1v) is 8.43. The highest BCUT2D eigenvalue weighted by atomic mass is 19.4. The van der Waals surface area contributed by atoms with Gasteiger partial charge in [-0.25, -0.2) is 4.79 Å². The van der Waals surface area contributed by atoms with E-state index < -0.39 is 22.6 Å². The van der Waals surface area contributed by atoms with Crippen molar-refractivity contribution in [2.45, 2.75) is 12.8 Å². The number of non-ortho nitro benzene ring substituents is 1. The molecule has 0 spiro atoms. The van der Waals surface area contributed by atoms with Gasteiger partial charge in [-0.2, -0.15) is 13.2 Å². The summed E-state index contributed by atoms with van der Waals surface area (Å²) in [5.41, 5.74) is 0.799. The molecule has 148 valence electrons. The van der Waals surface area contributed by atoms with Gasteiger partial charge in [0.1, 0.15) is 6.61 Å². The van der Waals surface area contributed by atoms with Crippen LogP contribution in [0.25, 0.3) is 11.1 Å². The van der Waals surface area contributed by atoms with Gasteiger partial charge in [0, 0.05) is 12.1 Å². The summed E-state index contributed by atoms with van der Waals surface area (Å²) in [6.45, 7) is -0.0990. The fourth-order valence-electron chi connectivity index (χ4n) is 2.69. The van der Waals surface area contributed by atoms with E-state index in [0.717, 1.165) is 12.1 Å². The van der Waals surface area contributed by atoms with Gasteiger partial charge in [-0.05, 0) is 47.0 Å². The lowest BCUT2D eigenvalue weighted by atomic mass is 9.98. The summed E-state index contributed by atoms with van der Waals surface area (Å²) < 4.78 is 43.5. The van der Waals surface area contributed by atoms with Crippen LogP contribution >= 0.6 is 0 Å². The molecule has 0 aliphatic rings. The topological polar surface area (TPSA) is 69.4 Å². The van der Waals surface area contributed by atoms with Crippen molar-refractivity contribution in [3.8, 4) is 11.1 Å². The standard InChI is InChI=1S/C21H14F3NO4/c22-21(23,24)16-9-7-15(8-10-16)18-3-1-2-4-19(18)20(26)29-13-14-5-11-17(12-6-14)25(27)28/h1-12H,13H2. The summed E-state index contributed by atoms with van der Waals surface area (Å²) in [5, 5.41) is 10.7. The molecule has 0 radical (unpaired) electrons. The Morgan fingerprint density at radius 3 is 2.14 bits per heavy atom. The molecule has 8 heteroatoms. The monoisotopic (exact) mass is 401 g/mol. The predicted octanol–water partition coefficient (Wildman–Crippen LogP) is 5.64. The second-order valence-electron chi connectivity index (χ2n) is 6.12. The van der Waals surface area contributed by atoms with Gasteiger partial charge in [0.2, 0.25) is 0 Å². The largest absolute Gasteiger partial charge is 0.457 e. The second-order valence-corrected chi connectivity index (χ2v) is 6.12. The quantitative estimate of drug-likeness (QED) is 0.315. The van der Waals surface area contributed by atoms with Crippen molar-refractivity contribution in [1.82, 2.24) is 0 Å². The van der Waals surface area contributed by atoms with Crippen LogP contribution in [-0.2, 0) is 17.5 Å². The molecular weight excluding hydrogens is 387 g/mol. The SMILES string of the molecule is O=C(OCc1ccc([N+](=O)[O-])cc1)c1ccccc1-c1ccc(C(F)(F)F)cc1. The number of hydrogen-bond donors (Lipinski definition) is 0. The van der Waals surface area contributed by atoms with Crippen LogP contribution in [0.3, 0.4) is 0 Å². The van der Waals surface area contributed by atoms with E-state index in [4.69, 9.17) is 4.74 Å². The van der Waals surface area contributed by atoms with Crippen molar-refractivity contribution >= 4 is 11.7 Å². The van der Waals surface area contributed by atoms with Crippen LogP contribution in [0.4, 0.5) is 18.9 Å². The van der Waals surface area contributed by atoms with Gasteiger partial charge in [0.15, 0.2) is 0 Å². The third-order valence-electron chi connectivity index (χ3n) is 4.19. The first kappa shape index (κ1) is 20.1. The lowest BCUT2D eigenvalue weighted by Gasteiger charge is -2.11. The molecule has 5 nitrogen and oxygen atoms in total. The van der Waals surface area contributed by atoms with Crippen molar-refractivity contribution in [3.05, 3.63) is 99.6 Å². The Labute approximate surface area is 163 Å². The van der Waals surface area contributed by atoms with Crippen LogP contribution in [0.1, 0.15) is 21.5 Å². The molecule has 29 heavy (non-hydrogen) atoms. The Bertz CT molecular complexity index is 1030. The summed E-state index contributed by atoms with van der Waals surface area (Å²) in [7, 11) is 0. The third kappa shape index (κ3) is 4.78. The average molecular weight is 401 g/mol. The molecule has 0 aliphatic heterocycles. The Balaban J connectivity index is 1.77. The zero-order chi connectivity index (χ0) is 21.0. The molecule has 0 heterocycles. The highest BCUT2D eigenvalue weighted by Crippen LogP contribution is 2.32. The smallest absolute Gasteiger partial charge is 0.416 e. The minimum absolute atomic E-state index is 0.0762. The van der Waals surface area contributed by atoms with Crippen molar-refractivity contribution in [1.29, 1.82) is 0 Å². The molecule has 0 N–H and O–H groups in total. The maximum absolute atomic E-state index is 12.7. The molecule has 0 aromatic heterocycles. The van der Waals surface area contributed by atoms with Crippen LogP contribution in [0.15, 0.2) is 72.8 Å². The molecule has 0 saturated heterocycles. The number of nitro groups is 1. The Morgan fingerprint density at radius 2 is 1.55 bits per heavy atom. The van der Waals surface area contributed by atoms with Crippen molar-refractivity contribution in [2.75, 3.05) is 0 Å². The number of nitrogens with zero attached hydrogens (tertiary/aromatic N) is 1. The maximum atomic E-state index is 12.7. The number of ether oxygens (including phenoxy) is 1. The fourth-order valence-corrected chi connectivity index (χ4v) is 2.69. The lowest BCUT2D eigenvalue weighted by Crippen LogP contribution is -2.07. The predicted molar refractivity (Wildman–Crippen MR) is 99.1 cm³/mol. The lowest BCUT2D eigenvalue weighted by molar-refractivity contribution is -0.384. The van der Waals surface area contributed by atoms with Gasteiger partial charge in [-0.3, -0.25) is 10.1 Å². The van der Waals surface area contributed by atoms with E-state index in [1.165, 1.54) is 42.5 Å². The molecule has 0 saturated carbocycles. The summed E-state index contributed by atoms with van der Waals surface area (Å²) in [5.74, 6) is -0.654. The van der Waals surface area contributed by atoms with E-state index in [1.807, 2.05) is 0 Å². The molecule has 0 unspecified atom stereocenters. The molecule has 0 fully saturated rings. The molecular formula is C21H14F3NO4. The van der Waals surface area contributed by atoms with E-state index in [-0.39, 0.29) is 17.9 Å². The second kappa shape index (κ2) is 8.14. The number of esters is 1. The van der Waals surface area contributed by atoms with Gasteiger partial charge in [-0.1, -0.05) is 30.3 Å². The average Bonchev–Trinajstić information content (AvgIpc) is 2.72. The van der Waals surface area contributed by atoms with Crippen LogP contribution in [0.2, 0.25) is 0 Å². The molecule has 3 rings (SSSR count). The Hall–Kier alpha value is -3.68. The summed E-state index contributed by atoms with van der Waals surface area (Å²) >= 11 is 0. The number of rotatable bonds is 5. The van der Waals surface area contributed by atoms with Crippen molar-refractivity contribution < 1.29 is 27.6 Å². The fraction of sp³-hybridized carbons (Fsp3) is 0.0952. The highest BCUT2D eigenvalue weighted by molar-refractivity contribution is 5.97. The third-order valence-corrected chi connectivity index (χ3v) is 4.19. The van der Waals surface area contributed by atoms with Crippen LogP contribution in [0, 0.1) is 10.1 Å². The highest BCUT2D eigenvalue weighted by Gasteiger charge is 2.30. The molecule has 3 aromatic rings. The number of benzene rings is 3. The van der Waals surface area contributed by atoms with E-state index in [2.05, 4.69) is 0 Å². The first-order valence-electron chi connectivity index (χ1n) is 8.43. The number of hydrogen-bond acceptors (Lipinski definition) is 4. The van der Waals surface area contributed by atoms with E-state index in [1.54, 1.807) is 18.2 Å². The van der Waals surface area contributed by atoms with Gasteiger partial charge < -0.3 is 4.74 Å². The normalized spacial score (nSPS) is 11.1. The van der Waals surface area contributed by atoms with E-state index in [9.17, 15) is 28.1 Å². The van der Waals surface area contributed by atoms with E-state index >= 15 is 0 Å². The minimum Gasteiger partial charge on any atom is -0.457 e. The maximum Gasteiger partial charge on any atom is 0.416 e. The van der Waals surface area contributed by atoms with Crippen LogP contribution < -0.4 is 0 Å². The number of alkyl halides is 3. The number of nitro benzene ring substituents is 1. The van der Waals surface area contributed by atoms with Crippen molar-refractivity contribution in [3.63, 3.8) is 0 Å². The first-order chi connectivity index (χ1) is 13.8. The zero-order valence-electron chi connectivity index (χ0n) is 14.8. The van der Waals surface area contributed by atoms with Crippen LogP contribution in [-0.4, -0.2) is 10.9 Å². The number of carbonyl (C=O) groups is 1. The van der Waals surface area contributed by atoms with E-state index in [0.29, 0.717) is 16.7 Å².